The number of aromatic amines is 1. The molecule has 13 heteroatoms. The summed E-state index contributed by atoms with van der Waals surface area (Å²) in [5, 5.41) is 17.5. The standard InChI is InChI=1S/C25H24F3N7O2S/c1-14-10-16(12-17(11-14)33-23-29-7-4-19(34-23)25(26,27)28)18-13-32-21(38-18)24(37)5-2-15(3-6-24)20(36)35-22-30-8-9-31-22/h4,7-13,15,37H,2-3,5-6H2,1H3,(H,29,33,34)(H2,30,31,35,36)/t15-,24+. The van der Waals surface area contributed by atoms with E-state index in [1.165, 1.54) is 11.3 Å². The van der Waals surface area contributed by atoms with Gasteiger partial charge in [-0.05, 0) is 61.9 Å². The third kappa shape index (κ3) is 5.68. The van der Waals surface area contributed by atoms with Crippen LogP contribution in [0.3, 0.4) is 0 Å². The molecule has 1 aliphatic carbocycles. The minimum absolute atomic E-state index is 0.133. The molecule has 3 aromatic heterocycles. The molecule has 0 aliphatic heterocycles. The smallest absolute Gasteiger partial charge is 0.383 e. The van der Waals surface area contributed by atoms with E-state index in [0.29, 0.717) is 42.3 Å². The van der Waals surface area contributed by atoms with Crippen molar-refractivity contribution in [3.05, 3.63) is 65.3 Å². The van der Waals surface area contributed by atoms with Crippen molar-refractivity contribution in [3.8, 4) is 10.4 Å². The molecular formula is C25H24F3N7O2S. The molecule has 0 saturated heterocycles. The molecule has 38 heavy (non-hydrogen) atoms. The van der Waals surface area contributed by atoms with Gasteiger partial charge in [0.1, 0.15) is 16.3 Å². The lowest BCUT2D eigenvalue weighted by Gasteiger charge is -2.33. The number of alkyl halides is 3. The van der Waals surface area contributed by atoms with Gasteiger partial charge in [-0.3, -0.25) is 10.1 Å². The Bertz CT molecular complexity index is 1430. The highest BCUT2D eigenvalue weighted by atomic mass is 32.1. The second-order valence-corrected chi connectivity index (χ2v) is 10.3. The molecule has 1 aromatic carbocycles. The zero-order valence-corrected chi connectivity index (χ0v) is 21.0. The number of H-pyrrole nitrogens is 1. The summed E-state index contributed by atoms with van der Waals surface area (Å²) in [5.41, 5.74) is 0.0146. The monoisotopic (exact) mass is 543 g/mol. The first kappa shape index (κ1) is 25.8. The van der Waals surface area contributed by atoms with Gasteiger partial charge in [-0.1, -0.05) is 6.07 Å². The van der Waals surface area contributed by atoms with Crippen LogP contribution in [-0.4, -0.2) is 35.9 Å². The van der Waals surface area contributed by atoms with E-state index in [2.05, 4.69) is 35.6 Å². The van der Waals surface area contributed by atoms with Crippen molar-refractivity contribution in [2.45, 2.75) is 44.4 Å². The van der Waals surface area contributed by atoms with E-state index in [9.17, 15) is 23.1 Å². The molecule has 3 heterocycles. The summed E-state index contributed by atoms with van der Waals surface area (Å²) < 4.78 is 39.0. The van der Waals surface area contributed by atoms with Gasteiger partial charge in [-0.2, -0.15) is 13.2 Å². The van der Waals surface area contributed by atoms with Crippen LogP contribution >= 0.6 is 11.3 Å². The Hall–Kier alpha value is -3.84. The fraction of sp³-hybridized carbons (Fsp3) is 0.320. The van der Waals surface area contributed by atoms with Gasteiger partial charge in [-0.25, -0.2) is 19.9 Å². The van der Waals surface area contributed by atoms with Gasteiger partial charge < -0.3 is 15.4 Å². The van der Waals surface area contributed by atoms with Crippen molar-refractivity contribution in [3.63, 3.8) is 0 Å². The molecule has 1 amide bonds. The minimum Gasteiger partial charge on any atom is -0.383 e. The van der Waals surface area contributed by atoms with Crippen molar-refractivity contribution in [1.82, 2.24) is 24.9 Å². The van der Waals surface area contributed by atoms with Crippen LogP contribution in [-0.2, 0) is 16.6 Å². The lowest BCUT2D eigenvalue weighted by molar-refractivity contribution is -0.141. The number of hydrogen-bond acceptors (Lipinski definition) is 8. The molecule has 1 aliphatic rings. The number of carbonyl (C=O) groups excluding carboxylic acids is 1. The average molecular weight is 544 g/mol. The Morgan fingerprint density at radius 1 is 1.16 bits per heavy atom. The number of thiazole rings is 1. The van der Waals surface area contributed by atoms with Crippen LogP contribution in [0.15, 0.2) is 49.1 Å². The van der Waals surface area contributed by atoms with Gasteiger partial charge in [0.15, 0.2) is 0 Å². The van der Waals surface area contributed by atoms with E-state index in [0.717, 1.165) is 28.3 Å². The maximum Gasteiger partial charge on any atom is 0.433 e. The zero-order valence-electron chi connectivity index (χ0n) is 20.2. The molecule has 1 fully saturated rings. The van der Waals surface area contributed by atoms with E-state index >= 15 is 0 Å². The van der Waals surface area contributed by atoms with Crippen LogP contribution in [0, 0.1) is 12.8 Å². The Morgan fingerprint density at radius 3 is 2.66 bits per heavy atom. The molecule has 0 radical (unpaired) electrons. The fourth-order valence-corrected chi connectivity index (χ4v) is 5.50. The molecule has 9 nitrogen and oxygen atoms in total. The van der Waals surface area contributed by atoms with E-state index in [-0.39, 0.29) is 17.8 Å². The van der Waals surface area contributed by atoms with Crippen molar-refractivity contribution >= 4 is 34.8 Å². The minimum atomic E-state index is -4.57. The Balaban J connectivity index is 1.29. The molecule has 0 spiro atoms. The first-order chi connectivity index (χ1) is 18.1. The second kappa shape index (κ2) is 10.1. The van der Waals surface area contributed by atoms with E-state index in [1.807, 2.05) is 13.0 Å². The van der Waals surface area contributed by atoms with Crippen LogP contribution in [0.5, 0.6) is 0 Å². The lowest BCUT2D eigenvalue weighted by Crippen LogP contribution is -2.35. The molecule has 198 valence electrons. The summed E-state index contributed by atoms with van der Waals surface area (Å²) in [6, 6.07) is 6.29. The van der Waals surface area contributed by atoms with E-state index < -0.39 is 17.5 Å². The average Bonchev–Trinajstić information content (AvgIpc) is 3.57. The molecular weight excluding hydrogens is 519 g/mol. The second-order valence-electron chi connectivity index (χ2n) is 9.24. The maximum absolute atomic E-state index is 13.0. The number of benzene rings is 1. The highest BCUT2D eigenvalue weighted by molar-refractivity contribution is 7.15. The van der Waals surface area contributed by atoms with Crippen LogP contribution in [0.4, 0.5) is 30.8 Å². The summed E-state index contributed by atoms with van der Waals surface area (Å²) in [5.74, 6) is -0.134. The molecule has 0 bridgehead atoms. The Kier molecular flexibility index (Phi) is 6.88. The summed E-state index contributed by atoms with van der Waals surface area (Å²) >= 11 is 1.35. The number of carbonyl (C=O) groups is 1. The van der Waals surface area contributed by atoms with Crippen molar-refractivity contribution in [2.24, 2.45) is 5.92 Å². The summed E-state index contributed by atoms with van der Waals surface area (Å²) in [4.78, 5) is 32.1. The van der Waals surface area contributed by atoms with Crippen LogP contribution in [0.1, 0.15) is 41.9 Å². The van der Waals surface area contributed by atoms with Gasteiger partial charge >= 0.3 is 6.18 Å². The lowest BCUT2D eigenvalue weighted by atomic mass is 9.79. The summed E-state index contributed by atoms with van der Waals surface area (Å²) in [6.07, 6.45) is 3.14. The van der Waals surface area contributed by atoms with Crippen molar-refractivity contribution in [2.75, 3.05) is 10.6 Å². The number of aliphatic hydroxyl groups is 1. The predicted molar refractivity (Wildman–Crippen MR) is 136 cm³/mol. The first-order valence-electron chi connectivity index (χ1n) is 11.9. The van der Waals surface area contributed by atoms with Crippen molar-refractivity contribution < 1.29 is 23.1 Å². The van der Waals surface area contributed by atoms with Crippen LogP contribution < -0.4 is 10.6 Å². The number of hydrogen-bond donors (Lipinski definition) is 4. The maximum atomic E-state index is 13.0. The van der Waals surface area contributed by atoms with Crippen LogP contribution in [0.25, 0.3) is 10.4 Å². The van der Waals surface area contributed by atoms with E-state index in [4.69, 9.17) is 0 Å². The van der Waals surface area contributed by atoms with Gasteiger partial charge in [0.2, 0.25) is 17.8 Å². The number of amides is 1. The molecule has 1 saturated carbocycles. The number of rotatable bonds is 6. The predicted octanol–water partition coefficient (Wildman–Crippen LogP) is 5.41. The molecule has 4 aromatic rings. The zero-order chi connectivity index (χ0) is 26.9. The number of imidazole rings is 1. The largest absolute Gasteiger partial charge is 0.433 e. The normalized spacial score (nSPS) is 19.8. The summed E-state index contributed by atoms with van der Waals surface area (Å²) in [7, 11) is 0. The van der Waals surface area contributed by atoms with Gasteiger partial charge in [0, 0.05) is 36.4 Å². The Labute approximate surface area is 219 Å². The van der Waals surface area contributed by atoms with E-state index in [1.54, 1.807) is 30.7 Å². The number of aromatic nitrogens is 5. The van der Waals surface area contributed by atoms with Gasteiger partial charge in [-0.15, -0.1) is 11.3 Å². The van der Waals surface area contributed by atoms with Gasteiger partial charge in [0.05, 0.1) is 4.88 Å². The number of anilines is 3. The third-order valence-electron chi connectivity index (χ3n) is 6.39. The first-order valence-corrected chi connectivity index (χ1v) is 12.7. The highest BCUT2D eigenvalue weighted by Crippen LogP contribution is 2.43. The number of nitrogens with one attached hydrogen (secondary N) is 3. The van der Waals surface area contributed by atoms with Gasteiger partial charge in [0.25, 0.3) is 0 Å². The summed E-state index contributed by atoms with van der Waals surface area (Å²) in [6.45, 7) is 1.87. The SMILES string of the molecule is Cc1cc(Nc2nccc(C(F)(F)F)n2)cc(-c2cnc([C@]3(O)CC[C@@H](C(=O)Nc4ncc[nH]4)CC3)s2)c1. The fourth-order valence-electron chi connectivity index (χ4n) is 4.45. The quantitative estimate of drug-likeness (QED) is 0.256. The van der Waals surface area contributed by atoms with Crippen molar-refractivity contribution in [1.29, 1.82) is 0 Å². The van der Waals surface area contributed by atoms with Crippen LogP contribution in [0.2, 0.25) is 0 Å². The molecule has 0 unspecified atom stereocenters. The molecule has 0 atom stereocenters. The number of nitrogens with zero attached hydrogens (tertiary/aromatic N) is 4. The highest BCUT2D eigenvalue weighted by Gasteiger charge is 2.39. The number of halogens is 3. The third-order valence-corrected chi connectivity index (χ3v) is 7.63. The molecule has 4 N–H and O–H groups in total. The number of aryl methyl sites for hydroxylation is 1. The molecule has 5 rings (SSSR count). The topological polar surface area (TPSA) is 129 Å². The Morgan fingerprint density at radius 2 is 1.95 bits per heavy atom.